The van der Waals surface area contributed by atoms with E-state index in [1.54, 1.807) is 13.0 Å². The van der Waals surface area contributed by atoms with Gasteiger partial charge >= 0.3 is 12.0 Å². The van der Waals surface area contributed by atoms with Crippen molar-refractivity contribution >= 4 is 35.4 Å². The Morgan fingerprint density at radius 2 is 1.74 bits per heavy atom. The predicted octanol–water partition coefficient (Wildman–Crippen LogP) is 1.81. The minimum absolute atomic E-state index is 0.0291. The van der Waals surface area contributed by atoms with Crippen LogP contribution in [-0.2, 0) is 9.53 Å². The first-order valence-electron chi connectivity index (χ1n) is 9.63. The number of aryl methyl sites for hydroxylation is 2. The highest BCUT2D eigenvalue weighted by Crippen LogP contribution is 2.31. The van der Waals surface area contributed by atoms with Crippen LogP contribution in [0.2, 0.25) is 0 Å². The second-order valence-electron chi connectivity index (χ2n) is 7.35. The van der Waals surface area contributed by atoms with Gasteiger partial charge in [-0.1, -0.05) is 12.1 Å². The van der Waals surface area contributed by atoms with Crippen molar-refractivity contribution < 1.29 is 28.7 Å². The molecule has 0 atom stereocenters. The molecule has 2 aliphatic rings. The smallest absolute Gasteiger partial charge is 0.338 e. The van der Waals surface area contributed by atoms with Crippen LogP contribution >= 0.6 is 0 Å². The second-order valence-corrected chi connectivity index (χ2v) is 7.35. The molecule has 1 fully saturated rings. The molecule has 2 aromatic carbocycles. The first-order valence-corrected chi connectivity index (χ1v) is 9.63. The van der Waals surface area contributed by atoms with Gasteiger partial charge in [-0.25, -0.2) is 14.5 Å². The van der Waals surface area contributed by atoms with Gasteiger partial charge in [-0.15, -0.1) is 0 Å². The summed E-state index contributed by atoms with van der Waals surface area (Å²) >= 11 is 0. The molecule has 0 bridgehead atoms. The maximum Gasteiger partial charge on any atom is 0.338 e. The number of carbonyl (C=O) groups is 5. The minimum Gasteiger partial charge on any atom is -0.452 e. The molecule has 2 aliphatic heterocycles. The number of anilines is 1. The van der Waals surface area contributed by atoms with Gasteiger partial charge in [-0.3, -0.25) is 19.3 Å². The molecule has 0 radical (unpaired) electrons. The van der Waals surface area contributed by atoms with E-state index in [2.05, 4.69) is 5.32 Å². The largest absolute Gasteiger partial charge is 0.452 e. The molecule has 9 nitrogen and oxygen atoms in total. The normalized spacial score (nSPS) is 15.2. The number of esters is 1. The summed E-state index contributed by atoms with van der Waals surface area (Å²) < 4.78 is 5.00. The number of carbonyl (C=O) groups excluding carboxylic acids is 5. The molecule has 0 aromatic heterocycles. The van der Waals surface area contributed by atoms with Crippen LogP contribution in [-0.4, -0.2) is 54.3 Å². The van der Waals surface area contributed by atoms with Gasteiger partial charge < -0.3 is 10.1 Å². The highest BCUT2D eigenvalue weighted by Gasteiger charge is 2.38. The van der Waals surface area contributed by atoms with Crippen molar-refractivity contribution in [1.29, 1.82) is 0 Å². The van der Waals surface area contributed by atoms with Gasteiger partial charge in [0.2, 0.25) is 0 Å². The van der Waals surface area contributed by atoms with Gasteiger partial charge in [-0.2, -0.15) is 0 Å². The Morgan fingerprint density at radius 1 is 1.00 bits per heavy atom. The average Bonchev–Trinajstić information content (AvgIpc) is 3.29. The maximum absolute atomic E-state index is 13.0. The molecule has 5 amide bonds. The molecule has 0 aliphatic carbocycles. The molecule has 1 saturated heterocycles. The lowest BCUT2D eigenvalue weighted by atomic mass is 10.1. The van der Waals surface area contributed by atoms with Gasteiger partial charge in [-0.05, 0) is 49.2 Å². The summed E-state index contributed by atoms with van der Waals surface area (Å²) in [6, 6.07) is 8.99. The zero-order chi connectivity index (χ0) is 22.3. The Balaban J connectivity index is 1.53. The Labute approximate surface area is 177 Å². The molecule has 2 aromatic rings. The van der Waals surface area contributed by atoms with E-state index in [0.717, 1.165) is 20.9 Å². The van der Waals surface area contributed by atoms with Crippen molar-refractivity contribution in [2.45, 2.75) is 13.8 Å². The zero-order valence-corrected chi connectivity index (χ0v) is 16.9. The first kappa shape index (κ1) is 20.3. The van der Waals surface area contributed by atoms with E-state index in [9.17, 15) is 24.0 Å². The third kappa shape index (κ3) is 3.54. The van der Waals surface area contributed by atoms with Gasteiger partial charge in [0, 0.05) is 13.1 Å². The number of urea groups is 1. The summed E-state index contributed by atoms with van der Waals surface area (Å²) in [5, 5.41) is 2.48. The number of nitrogens with one attached hydrogen (secondary N) is 1. The number of benzene rings is 2. The van der Waals surface area contributed by atoms with Crippen molar-refractivity contribution in [3.63, 3.8) is 0 Å². The van der Waals surface area contributed by atoms with Crippen LogP contribution in [0.5, 0.6) is 0 Å². The Kier molecular flexibility index (Phi) is 5.02. The summed E-state index contributed by atoms with van der Waals surface area (Å²) in [5.41, 5.74) is 2.46. The summed E-state index contributed by atoms with van der Waals surface area (Å²) in [6.07, 6.45) is 0. The van der Waals surface area contributed by atoms with Gasteiger partial charge in [0.1, 0.15) is 0 Å². The third-order valence-electron chi connectivity index (χ3n) is 5.21. The molecule has 4 rings (SSSR count). The van der Waals surface area contributed by atoms with E-state index >= 15 is 0 Å². The lowest BCUT2D eigenvalue weighted by Gasteiger charge is -2.17. The average molecular weight is 421 g/mol. The van der Waals surface area contributed by atoms with Crippen LogP contribution in [0.4, 0.5) is 10.5 Å². The van der Waals surface area contributed by atoms with E-state index < -0.39 is 36.3 Å². The summed E-state index contributed by atoms with van der Waals surface area (Å²) in [7, 11) is 0. The lowest BCUT2D eigenvalue weighted by Crippen LogP contribution is -2.37. The molecule has 1 N–H and O–H groups in total. The van der Waals surface area contributed by atoms with Crippen molar-refractivity contribution in [3.8, 4) is 0 Å². The molecular weight excluding hydrogens is 402 g/mol. The number of fused-ring (bicyclic) bond motifs is 1. The molecule has 0 unspecified atom stereocenters. The Morgan fingerprint density at radius 3 is 2.45 bits per heavy atom. The fraction of sp³-hybridized carbons (Fsp3) is 0.227. The molecule has 0 spiro atoms. The van der Waals surface area contributed by atoms with E-state index in [1.165, 1.54) is 18.2 Å². The maximum atomic E-state index is 13.0. The van der Waals surface area contributed by atoms with E-state index in [4.69, 9.17) is 4.74 Å². The summed E-state index contributed by atoms with van der Waals surface area (Å²) in [5.74, 6) is -2.48. The molecule has 158 valence electrons. The van der Waals surface area contributed by atoms with Gasteiger partial charge in [0.15, 0.2) is 6.61 Å². The zero-order valence-electron chi connectivity index (χ0n) is 16.9. The fourth-order valence-electron chi connectivity index (χ4n) is 3.55. The van der Waals surface area contributed by atoms with E-state index in [0.29, 0.717) is 12.2 Å². The minimum atomic E-state index is -0.832. The number of rotatable bonds is 4. The number of hydrogen-bond acceptors (Lipinski definition) is 6. The van der Waals surface area contributed by atoms with Crippen LogP contribution in [0.25, 0.3) is 0 Å². The van der Waals surface area contributed by atoms with E-state index in [1.807, 2.05) is 19.1 Å². The van der Waals surface area contributed by atoms with Crippen molar-refractivity contribution in [2.75, 3.05) is 24.6 Å². The van der Waals surface area contributed by atoms with Gasteiger partial charge in [0.05, 0.1) is 22.4 Å². The molecule has 31 heavy (non-hydrogen) atoms. The lowest BCUT2D eigenvalue weighted by molar-refractivity contribution is -0.130. The predicted molar refractivity (Wildman–Crippen MR) is 109 cm³/mol. The third-order valence-corrected chi connectivity index (χ3v) is 5.21. The highest BCUT2D eigenvalue weighted by molar-refractivity contribution is 6.35. The second kappa shape index (κ2) is 7.67. The summed E-state index contributed by atoms with van der Waals surface area (Å²) in [6.45, 7) is 3.61. The van der Waals surface area contributed by atoms with Crippen LogP contribution in [0.1, 0.15) is 42.2 Å². The van der Waals surface area contributed by atoms with Crippen LogP contribution in [0.15, 0.2) is 36.4 Å². The topological polar surface area (TPSA) is 113 Å². The number of imide groups is 2. The van der Waals surface area contributed by atoms with Crippen LogP contribution in [0, 0.1) is 13.8 Å². The fourth-order valence-corrected chi connectivity index (χ4v) is 3.55. The SMILES string of the molecule is Cc1ccc(C)c(N2C(=O)c3ccc(C(=O)OCC(=O)N4CCNC4=O)cc3C2=O)c1. The van der Waals surface area contributed by atoms with Crippen molar-refractivity contribution in [3.05, 3.63) is 64.2 Å². The van der Waals surface area contributed by atoms with Gasteiger partial charge in [0.25, 0.3) is 17.7 Å². The quantitative estimate of drug-likeness (QED) is 0.595. The van der Waals surface area contributed by atoms with Crippen molar-refractivity contribution in [2.24, 2.45) is 0 Å². The Hall–Kier alpha value is -4.01. The number of amides is 5. The standard InChI is InChI=1S/C22H19N3O6/c1-12-3-4-13(2)17(9-12)25-19(27)15-6-5-14(10-16(15)20(25)28)21(29)31-11-18(26)24-8-7-23-22(24)30/h3-6,9-10H,7-8,11H2,1-2H3,(H,23,30). The number of ether oxygens (including phenoxy) is 1. The monoisotopic (exact) mass is 421 g/mol. The first-order chi connectivity index (χ1) is 14.8. The van der Waals surface area contributed by atoms with Crippen molar-refractivity contribution in [1.82, 2.24) is 10.2 Å². The van der Waals surface area contributed by atoms with E-state index in [-0.39, 0.29) is 23.2 Å². The number of hydrogen-bond donors (Lipinski definition) is 1. The molecule has 9 heteroatoms. The Bertz CT molecular complexity index is 1160. The molecular formula is C22H19N3O6. The molecule has 2 heterocycles. The highest BCUT2D eigenvalue weighted by atomic mass is 16.5. The van der Waals surface area contributed by atoms with Crippen LogP contribution in [0.3, 0.4) is 0 Å². The summed E-state index contributed by atoms with van der Waals surface area (Å²) in [4.78, 5) is 63.8. The van der Waals surface area contributed by atoms with Crippen LogP contribution < -0.4 is 10.2 Å². The number of nitrogens with zero attached hydrogens (tertiary/aromatic N) is 2. The molecule has 0 saturated carbocycles.